The molecule has 2 atom stereocenters. The van der Waals surface area contributed by atoms with Gasteiger partial charge in [0.25, 0.3) is 0 Å². The maximum absolute atomic E-state index is 11.6. The fraction of sp³-hybridized carbons (Fsp3) is 0.800. The van der Waals surface area contributed by atoms with Crippen LogP contribution in [0.2, 0.25) is 0 Å². The van der Waals surface area contributed by atoms with Gasteiger partial charge in [-0.15, -0.1) is 0 Å². The highest BCUT2D eigenvalue weighted by Crippen LogP contribution is 2.32. The van der Waals surface area contributed by atoms with Crippen molar-refractivity contribution < 1.29 is 9.53 Å². The van der Waals surface area contributed by atoms with Crippen molar-refractivity contribution in [1.82, 2.24) is 5.32 Å². The van der Waals surface area contributed by atoms with Gasteiger partial charge < -0.3 is 10.1 Å². The summed E-state index contributed by atoms with van der Waals surface area (Å²) >= 11 is 0. The zero-order valence-corrected chi connectivity index (χ0v) is 8.03. The molecule has 4 heteroatoms. The summed E-state index contributed by atoms with van der Waals surface area (Å²) < 4.78 is 5.13. The molecule has 1 saturated carbocycles. The monoisotopic (exact) mass is 194 g/mol. The lowest BCUT2D eigenvalue weighted by atomic mass is 10.1. The third-order valence-corrected chi connectivity index (χ3v) is 2.83. The van der Waals surface area contributed by atoms with Crippen molar-refractivity contribution in [1.29, 1.82) is 5.26 Å². The van der Waals surface area contributed by atoms with Crippen LogP contribution < -0.4 is 5.32 Å². The Kier molecular flexibility index (Phi) is 2.69. The molecule has 0 radical (unpaired) electrons. The highest BCUT2D eigenvalue weighted by Gasteiger charge is 2.34. The summed E-state index contributed by atoms with van der Waals surface area (Å²) in [5.41, 5.74) is 0. The maximum Gasteiger partial charge on any atom is 0.226 e. The molecular weight excluding hydrogens is 180 g/mol. The minimum Gasteiger partial charge on any atom is -0.381 e. The van der Waals surface area contributed by atoms with Crippen LogP contribution in [-0.2, 0) is 9.53 Å². The van der Waals surface area contributed by atoms with Crippen LogP contribution in [0.5, 0.6) is 0 Å². The van der Waals surface area contributed by atoms with Gasteiger partial charge >= 0.3 is 0 Å². The van der Waals surface area contributed by atoms with E-state index in [9.17, 15) is 4.79 Å². The van der Waals surface area contributed by atoms with Crippen molar-refractivity contribution in [2.24, 2.45) is 11.8 Å². The quantitative estimate of drug-likeness (QED) is 0.709. The van der Waals surface area contributed by atoms with Crippen molar-refractivity contribution in [3.05, 3.63) is 0 Å². The minimum atomic E-state index is -0.275. The van der Waals surface area contributed by atoms with E-state index < -0.39 is 0 Å². The number of carbonyl (C=O) groups excluding carboxylic acids is 1. The molecule has 1 N–H and O–H groups in total. The van der Waals surface area contributed by atoms with E-state index in [0.717, 1.165) is 19.3 Å². The maximum atomic E-state index is 11.6. The van der Waals surface area contributed by atoms with Gasteiger partial charge in [0.15, 0.2) is 0 Å². The summed E-state index contributed by atoms with van der Waals surface area (Å²) in [5.74, 6) is 0.344. The topological polar surface area (TPSA) is 62.1 Å². The molecule has 0 aromatic carbocycles. The number of nitrogens with zero attached hydrogens (tertiary/aromatic N) is 1. The number of rotatable bonds is 3. The average Bonchev–Trinajstić information content (AvgIpc) is 2.88. The third kappa shape index (κ3) is 2.05. The summed E-state index contributed by atoms with van der Waals surface area (Å²) in [6.45, 7) is 1.17. The second kappa shape index (κ2) is 3.97. The first-order valence-corrected chi connectivity index (χ1v) is 5.09. The normalized spacial score (nSPS) is 28.1. The van der Waals surface area contributed by atoms with Crippen LogP contribution in [0.15, 0.2) is 0 Å². The molecule has 2 rings (SSSR count). The Hall–Kier alpha value is -1.08. The van der Waals surface area contributed by atoms with E-state index in [4.69, 9.17) is 10.00 Å². The number of ether oxygens (including phenoxy) is 1. The van der Waals surface area contributed by atoms with E-state index in [1.165, 1.54) is 0 Å². The fourth-order valence-electron chi connectivity index (χ4n) is 1.70. The summed E-state index contributed by atoms with van der Waals surface area (Å²) in [6, 6.07) is 1.87. The molecular formula is C10H14N2O2. The summed E-state index contributed by atoms with van der Waals surface area (Å²) in [6.07, 6.45) is 2.92. The predicted octanol–water partition coefficient (Wildman–Crippen LogP) is 0.441. The lowest BCUT2D eigenvalue weighted by Gasteiger charge is -2.13. The zero-order valence-electron chi connectivity index (χ0n) is 8.03. The Morgan fingerprint density at radius 1 is 1.50 bits per heavy atom. The van der Waals surface area contributed by atoms with E-state index in [1.807, 2.05) is 0 Å². The summed E-state index contributed by atoms with van der Waals surface area (Å²) in [7, 11) is 0. The molecule has 1 aliphatic heterocycles. The Bertz CT molecular complexity index is 262. The van der Waals surface area contributed by atoms with E-state index in [0.29, 0.717) is 19.1 Å². The molecule has 76 valence electrons. The first-order chi connectivity index (χ1) is 6.81. The number of nitrogens with one attached hydrogen (secondary N) is 1. The van der Waals surface area contributed by atoms with Crippen LogP contribution in [0.1, 0.15) is 19.3 Å². The fourth-order valence-corrected chi connectivity index (χ4v) is 1.70. The van der Waals surface area contributed by atoms with E-state index in [-0.39, 0.29) is 17.9 Å². The Labute approximate surface area is 83.2 Å². The molecule has 14 heavy (non-hydrogen) atoms. The number of hydrogen-bond acceptors (Lipinski definition) is 3. The summed E-state index contributed by atoms with van der Waals surface area (Å²) in [4.78, 5) is 11.6. The second-order valence-corrected chi connectivity index (χ2v) is 4.01. The minimum absolute atomic E-state index is 0.0130. The van der Waals surface area contributed by atoms with Gasteiger partial charge in [-0.1, -0.05) is 0 Å². The van der Waals surface area contributed by atoms with Gasteiger partial charge in [0.1, 0.15) is 6.04 Å². The predicted molar refractivity (Wildman–Crippen MR) is 49.2 cm³/mol. The van der Waals surface area contributed by atoms with Gasteiger partial charge in [-0.3, -0.25) is 4.79 Å². The lowest BCUT2D eigenvalue weighted by molar-refractivity contribution is -0.125. The zero-order chi connectivity index (χ0) is 9.97. The molecule has 1 amide bonds. The molecule has 2 aliphatic rings. The molecule has 2 unspecified atom stereocenters. The number of amides is 1. The largest absolute Gasteiger partial charge is 0.381 e. The number of nitriles is 1. The first kappa shape index (κ1) is 9.47. The Morgan fingerprint density at radius 2 is 2.29 bits per heavy atom. The van der Waals surface area contributed by atoms with E-state index in [1.54, 1.807) is 0 Å². The van der Waals surface area contributed by atoms with E-state index in [2.05, 4.69) is 11.4 Å². The van der Waals surface area contributed by atoms with Crippen molar-refractivity contribution >= 4 is 5.91 Å². The first-order valence-electron chi connectivity index (χ1n) is 5.09. The van der Waals surface area contributed by atoms with Crippen LogP contribution in [0.25, 0.3) is 0 Å². The van der Waals surface area contributed by atoms with Gasteiger partial charge in [-0.2, -0.15) is 5.26 Å². The van der Waals surface area contributed by atoms with Gasteiger partial charge in [0.05, 0.1) is 18.6 Å². The van der Waals surface area contributed by atoms with Crippen molar-refractivity contribution in [2.45, 2.75) is 25.3 Å². The lowest BCUT2D eigenvalue weighted by Crippen LogP contribution is -2.39. The van der Waals surface area contributed by atoms with Gasteiger partial charge in [0.2, 0.25) is 5.91 Å². The molecule has 0 bridgehead atoms. The van der Waals surface area contributed by atoms with Crippen LogP contribution in [0.3, 0.4) is 0 Å². The average molecular weight is 194 g/mol. The Balaban J connectivity index is 1.83. The van der Waals surface area contributed by atoms with E-state index >= 15 is 0 Å². The van der Waals surface area contributed by atoms with Crippen molar-refractivity contribution in [2.75, 3.05) is 13.2 Å². The third-order valence-electron chi connectivity index (χ3n) is 2.83. The molecule has 1 aliphatic carbocycles. The standard InChI is InChI=1S/C10H14N2O2/c11-5-9(7-1-2-7)12-10(13)8-3-4-14-6-8/h7-9H,1-4,6H2,(H,12,13). The molecule has 0 spiro atoms. The van der Waals surface area contributed by atoms with Gasteiger partial charge in [0, 0.05) is 6.61 Å². The highest BCUT2D eigenvalue weighted by molar-refractivity contribution is 5.79. The van der Waals surface area contributed by atoms with Crippen molar-refractivity contribution in [3.63, 3.8) is 0 Å². The van der Waals surface area contributed by atoms with Crippen LogP contribution in [-0.4, -0.2) is 25.2 Å². The number of carbonyl (C=O) groups is 1. The molecule has 0 aromatic rings. The molecule has 4 nitrogen and oxygen atoms in total. The van der Waals surface area contributed by atoms with Gasteiger partial charge in [-0.05, 0) is 25.2 Å². The molecule has 2 fully saturated rings. The second-order valence-electron chi connectivity index (χ2n) is 4.01. The SMILES string of the molecule is N#CC(NC(=O)C1CCOC1)C1CC1. The smallest absolute Gasteiger partial charge is 0.226 e. The highest BCUT2D eigenvalue weighted by atomic mass is 16.5. The Morgan fingerprint density at radius 3 is 2.79 bits per heavy atom. The summed E-state index contributed by atoms with van der Waals surface area (Å²) in [5, 5.41) is 11.6. The molecule has 1 heterocycles. The molecule has 1 saturated heterocycles. The van der Waals surface area contributed by atoms with Crippen LogP contribution in [0.4, 0.5) is 0 Å². The van der Waals surface area contributed by atoms with Crippen LogP contribution >= 0.6 is 0 Å². The number of hydrogen-bond donors (Lipinski definition) is 1. The molecule has 0 aromatic heterocycles. The van der Waals surface area contributed by atoms with Gasteiger partial charge in [-0.25, -0.2) is 0 Å². The van der Waals surface area contributed by atoms with Crippen molar-refractivity contribution in [3.8, 4) is 6.07 Å². The van der Waals surface area contributed by atoms with Crippen LogP contribution in [0, 0.1) is 23.2 Å².